The van der Waals surface area contributed by atoms with Crippen LogP contribution in [-0.2, 0) is 6.54 Å². The molecule has 180 valence electrons. The van der Waals surface area contributed by atoms with Gasteiger partial charge in [0.1, 0.15) is 5.75 Å². The van der Waals surface area contributed by atoms with E-state index in [4.69, 9.17) is 4.74 Å². The van der Waals surface area contributed by atoms with Crippen LogP contribution in [0.5, 0.6) is 5.75 Å². The number of likely N-dealkylation sites (tertiary alicyclic amines) is 1. The summed E-state index contributed by atoms with van der Waals surface area (Å²) in [4.78, 5) is 20.9. The van der Waals surface area contributed by atoms with E-state index >= 15 is 0 Å². The van der Waals surface area contributed by atoms with Gasteiger partial charge in [0.05, 0.1) is 7.11 Å². The number of rotatable bonds is 9. The maximum Gasteiger partial charge on any atom is 0.253 e. The SMILES string of the molecule is COc1ccccc1[C@@H]1CN(Cc2ccc(C)s2)C[C@@H]1CN(CC(C)C)C(=O)c1ccccc1. The number of hydrogen-bond donors (Lipinski definition) is 0. The number of methoxy groups -OCH3 is 1. The molecule has 1 fully saturated rings. The van der Waals surface area contributed by atoms with Crippen molar-refractivity contribution in [1.82, 2.24) is 9.80 Å². The molecule has 2 atom stereocenters. The third-order valence-corrected chi connectivity index (χ3v) is 7.56. The van der Waals surface area contributed by atoms with Crippen molar-refractivity contribution in [2.75, 3.05) is 33.3 Å². The van der Waals surface area contributed by atoms with Crippen LogP contribution < -0.4 is 4.74 Å². The van der Waals surface area contributed by atoms with E-state index in [2.05, 4.69) is 60.9 Å². The molecular weight excluding hydrogens is 440 g/mol. The fraction of sp³-hybridized carbons (Fsp3) is 0.414. The van der Waals surface area contributed by atoms with Crippen LogP contribution in [0.1, 0.15) is 45.4 Å². The number of nitrogens with zero attached hydrogens (tertiary/aromatic N) is 2. The lowest BCUT2D eigenvalue weighted by molar-refractivity contribution is 0.0703. The second kappa shape index (κ2) is 11.2. The molecule has 0 aliphatic carbocycles. The van der Waals surface area contributed by atoms with Crippen LogP contribution in [0.15, 0.2) is 66.7 Å². The van der Waals surface area contributed by atoms with Gasteiger partial charge in [0.2, 0.25) is 0 Å². The van der Waals surface area contributed by atoms with Crippen LogP contribution in [0.25, 0.3) is 0 Å². The molecule has 1 aromatic heterocycles. The van der Waals surface area contributed by atoms with E-state index in [-0.39, 0.29) is 5.91 Å². The highest BCUT2D eigenvalue weighted by Crippen LogP contribution is 2.39. The Labute approximate surface area is 208 Å². The molecule has 1 aliphatic heterocycles. The van der Waals surface area contributed by atoms with Gasteiger partial charge in [0, 0.05) is 54.0 Å². The molecule has 2 heterocycles. The second-order valence-corrected chi connectivity index (χ2v) is 11.2. The predicted octanol–water partition coefficient (Wildman–Crippen LogP) is 6.08. The van der Waals surface area contributed by atoms with Crippen LogP contribution >= 0.6 is 11.3 Å². The van der Waals surface area contributed by atoms with Crippen molar-refractivity contribution in [3.8, 4) is 5.75 Å². The summed E-state index contributed by atoms with van der Waals surface area (Å²) in [6, 6.07) is 22.5. The molecule has 0 N–H and O–H groups in total. The summed E-state index contributed by atoms with van der Waals surface area (Å²) in [5.74, 6) is 2.12. The molecule has 3 aromatic rings. The summed E-state index contributed by atoms with van der Waals surface area (Å²) in [7, 11) is 1.75. The van der Waals surface area contributed by atoms with E-state index in [1.807, 2.05) is 47.7 Å². The largest absolute Gasteiger partial charge is 0.496 e. The van der Waals surface area contributed by atoms with Crippen molar-refractivity contribution in [1.29, 1.82) is 0 Å². The second-order valence-electron chi connectivity index (χ2n) is 9.78. The minimum absolute atomic E-state index is 0.125. The van der Waals surface area contributed by atoms with Crippen molar-refractivity contribution in [3.63, 3.8) is 0 Å². The maximum atomic E-state index is 13.5. The van der Waals surface area contributed by atoms with Gasteiger partial charge < -0.3 is 9.64 Å². The average molecular weight is 477 g/mol. The summed E-state index contributed by atoms with van der Waals surface area (Å²) < 4.78 is 5.75. The smallest absolute Gasteiger partial charge is 0.253 e. The highest BCUT2D eigenvalue weighted by Gasteiger charge is 2.37. The molecule has 5 heteroatoms. The monoisotopic (exact) mass is 476 g/mol. The molecule has 0 spiro atoms. The van der Waals surface area contributed by atoms with Crippen LogP contribution in [0, 0.1) is 18.8 Å². The maximum absolute atomic E-state index is 13.5. The van der Waals surface area contributed by atoms with Gasteiger partial charge in [0.25, 0.3) is 5.91 Å². The van der Waals surface area contributed by atoms with E-state index in [9.17, 15) is 4.79 Å². The third-order valence-electron chi connectivity index (χ3n) is 6.58. The number of para-hydroxylation sites is 1. The zero-order valence-corrected chi connectivity index (χ0v) is 21.6. The van der Waals surface area contributed by atoms with Gasteiger partial charge in [-0.05, 0) is 54.7 Å². The first kappa shape index (κ1) is 24.5. The van der Waals surface area contributed by atoms with E-state index in [0.29, 0.717) is 17.8 Å². The Bertz CT molecular complexity index is 1080. The Hall–Kier alpha value is -2.63. The number of thiophene rings is 1. The van der Waals surface area contributed by atoms with Gasteiger partial charge in [-0.25, -0.2) is 0 Å². The highest BCUT2D eigenvalue weighted by molar-refractivity contribution is 7.11. The lowest BCUT2D eigenvalue weighted by Crippen LogP contribution is -2.39. The van der Waals surface area contributed by atoms with E-state index < -0.39 is 0 Å². The lowest BCUT2D eigenvalue weighted by Gasteiger charge is -2.30. The Kier molecular flexibility index (Phi) is 8.07. The van der Waals surface area contributed by atoms with Crippen molar-refractivity contribution < 1.29 is 9.53 Å². The fourth-order valence-electron chi connectivity index (χ4n) is 5.12. The van der Waals surface area contributed by atoms with Crippen molar-refractivity contribution in [3.05, 3.63) is 87.6 Å². The number of benzene rings is 2. The topological polar surface area (TPSA) is 32.8 Å². The number of aryl methyl sites for hydroxylation is 1. The first-order valence-electron chi connectivity index (χ1n) is 12.2. The van der Waals surface area contributed by atoms with E-state index in [1.165, 1.54) is 15.3 Å². The van der Waals surface area contributed by atoms with Crippen molar-refractivity contribution in [2.45, 2.75) is 33.2 Å². The van der Waals surface area contributed by atoms with Crippen LogP contribution in [0.4, 0.5) is 0 Å². The van der Waals surface area contributed by atoms with E-state index in [0.717, 1.165) is 44.0 Å². The first-order chi connectivity index (χ1) is 16.4. The minimum Gasteiger partial charge on any atom is -0.496 e. The molecule has 2 aromatic carbocycles. The van der Waals surface area contributed by atoms with Gasteiger partial charge in [-0.1, -0.05) is 50.2 Å². The molecule has 1 amide bonds. The molecule has 0 bridgehead atoms. The number of carbonyl (C=O) groups excluding carboxylic acids is 1. The molecule has 0 unspecified atom stereocenters. The Morgan fingerprint density at radius 2 is 1.79 bits per heavy atom. The number of hydrogen-bond acceptors (Lipinski definition) is 4. The molecular formula is C29H36N2O2S. The van der Waals surface area contributed by atoms with Gasteiger partial charge in [-0.2, -0.15) is 0 Å². The van der Waals surface area contributed by atoms with Gasteiger partial charge in [-0.3, -0.25) is 9.69 Å². The molecule has 1 aliphatic rings. The van der Waals surface area contributed by atoms with Crippen LogP contribution in [0.3, 0.4) is 0 Å². The summed E-state index contributed by atoms with van der Waals surface area (Å²) >= 11 is 1.87. The predicted molar refractivity (Wildman–Crippen MR) is 141 cm³/mol. The van der Waals surface area contributed by atoms with Gasteiger partial charge in [-0.15, -0.1) is 11.3 Å². The molecule has 34 heavy (non-hydrogen) atoms. The fourth-order valence-corrected chi connectivity index (χ4v) is 6.05. The lowest BCUT2D eigenvalue weighted by atomic mass is 9.87. The van der Waals surface area contributed by atoms with Crippen LogP contribution in [0.2, 0.25) is 0 Å². The molecule has 4 nitrogen and oxygen atoms in total. The summed E-state index contributed by atoms with van der Waals surface area (Å²) in [6.07, 6.45) is 0. The quantitative estimate of drug-likeness (QED) is 0.375. The first-order valence-corrected chi connectivity index (χ1v) is 13.0. The minimum atomic E-state index is 0.125. The zero-order chi connectivity index (χ0) is 24.1. The molecule has 0 radical (unpaired) electrons. The molecule has 1 saturated heterocycles. The Balaban J connectivity index is 1.61. The summed E-state index contributed by atoms with van der Waals surface area (Å²) in [5, 5.41) is 0. The normalized spacial score (nSPS) is 18.4. The standard InChI is InChI=1S/C29H36N2O2S/c1-21(2)16-31(29(32)23-10-6-5-7-11-23)18-24-17-30(19-25-15-14-22(3)34-25)20-27(24)26-12-8-9-13-28(26)33-4/h5-15,21,24,27H,16-20H2,1-4H3/t24-,27-/m1/s1. The third kappa shape index (κ3) is 5.89. The Morgan fingerprint density at radius 3 is 2.47 bits per heavy atom. The number of ether oxygens (including phenoxy) is 1. The molecule has 0 saturated carbocycles. The van der Waals surface area contributed by atoms with Gasteiger partial charge in [0.15, 0.2) is 0 Å². The van der Waals surface area contributed by atoms with Gasteiger partial charge >= 0.3 is 0 Å². The van der Waals surface area contributed by atoms with E-state index in [1.54, 1.807) is 7.11 Å². The van der Waals surface area contributed by atoms with Crippen molar-refractivity contribution >= 4 is 17.2 Å². The van der Waals surface area contributed by atoms with Crippen LogP contribution in [-0.4, -0.2) is 49.0 Å². The number of carbonyl (C=O) groups is 1. The zero-order valence-electron chi connectivity index (χ0n) is 20.7. The number of amides is 1. The Morgan fingerprint density at radius 1 is 1.06 bits per heavy atom. The average Bonchev–Trinajstić information content (AvgIpc) is 3.43. The van der Waals surface area contributed by atoms with Crippen molar-refractivity contribution in [2.24, 2.45) is 11.8 Å². The molecule has 4 rings (SSSR count). The summed E-state index contributed by atoms with van der Waals surface area (Å²) in [6.45, 7) is 10.9. The summed E-state index contributed by atoms with van der Waals surface area (Å²) in [5.41, 5.74) is 2.01. The highest BCUT2D eigenvalue weighted by atomic mass is 32.1.